The predicted octanol–water partition coefficient (Wildman–Crippen LogP) is 3.05. The molecule has 3 heterocycles. The third kappa shape index (κ3) is 3.83. The average molecular weight is 426 g/mol. The Balaban J connectivity index is 1.68. The number of pyridine rings is 1. The van der Waals surface area contributed by atoms with Crippen LogP contribution in [-0.4, -0.2) is 45.5 Å². The number of likely N-dealkylation sites (tertiary alicyclic amines) is 1. The van der Waals surface area contributed by atoms with Crippen LogP contribution >= 0.6 is 11.8 Å². The van der Waals surface area contributed by atoms with Gasteiger partial charge in [0.25, 0.3) is 5.56 Å². The normalized spacial score (nSPS) is 24.3. The van der Waals surface area contributed by atoms with Crippen LogP contribution in [-0.2, 0) is 11.2 Å². The van der Waals surface area contributed by atoms with Crippen molar-refractivity contribution < 1.29 is 4.79 Å². The fraction of sp³-hybridized carbons (Fsp3) is 0.500. The maximum absolute atomic E-state index is 13.3. The second kappa shape index (κ2) is 8.23. The molecule has 1 aromatic heterocycles. The average Bonchev–Trinajstić information content (AvgIpc) is 2.76. The predicted molar refractivity (Wildman–Crippen MR) is 123 cm³/mol. The van der Waals surface area contributed by atoms with Crippen LogP contribution in [0.15, 0.2) is 53.3 Å². The van der Waals surface area contributed by atoms with Gasteiger partial charge in [0.1, 0.15) is 0 Å². The summed E-state index contributed by atoms with van der Waals surface area (Å²) in [5, 5.41) is 0. The summed E-state index contributed by atoms with van der Waals surface area (Å²) in [5.74, 6) is 0.442. The van der Waals surface area contributed by atoms with Crippen LogP contribution in [0.3, 0.4) is 0 Å². The minimum absolute atomic E-state index is 0.0224. The molecule has 2 aliphatic heterocycles. The van der Waals surface area contributed by atoms with Crippen LogP contribution in [0.2, 0.25) is 0 Å². The quantitative estimate of drug-likeness (QED) is 0.800. The summed E-state index contributed by atoms with van der Waals surface area (Å²) < 4.78 is 1.68. The molecule has 1 fully saturated rings. The highest BCUT2D eigenvalue weighted by Gasteiger charge is 2.44. The summed E-state index contributed by atoms with van der Waals surface area (Å²) in [6.07, 6.45) is 3.79. The molecule has 1 amide bonds. The Morgan fingerprint density at radius 2 is 1.90 bits per heavy atom. The summed E-state index contributed by atoms with van der Waals surface area (Å²) in [4.78, 5) is 28.1. The molecular formula is C24H31N3O2S. The van der Waals surface area contributed by atoms with E-state index in [4.69, 9.17) is 5.73 Å². The number of carbonyl (C=O) groups excluding carboxylic acids is 1. The van der Waals surface area contributed by atoms with Crippen LogP contribution in [0.1, 0.15) is 43.5 Å². The van der Waals surface area contributed by atoms with Gasteiger partial charge in [-0.15, -0.1) is 0 Å². The minimum Gasteiger partial charge on any atom is -0.340 e. The Hall–Kier alpha value is -2.05. The van der Waals surface area contributed by atoms with Crippen molar-refractivity contribution in [3.05, 3.63) is 70.1 Å². The van der Waals surface area contributed by atoms with Gasteiger partial charge >= 0.3 is 0 Å². The fourth-order valence-corrected chi connectivity index (χ4v) is 5.32. The first-order valence-corrected chi connectivity index (χ1v) is 11.9. The van der Waals surface area contributed by atoms with Gasteiger partial charge in [-0.3, -0.25) is 9.59 Å². The second-order valence-electron chi connectivity index (χ2n) is 9.14. The highest BCUT2D eigenvalue weighted by atomic mass is 32.2. The summed E-state index contributed by atoms with van der Waals surface area (Å²) in [7, 11) is 0. The number of amides is 1. The summed E-state index contributed by atoms with van der Waals surface area (Å²) in [6.45, 7) is 5.34. The molecule has 160 valence electrons. The van der Waals surface area contributed by atoms with Gasteiger partial charge in [0, 0.05) is 41.6 Å². The number of nitrogens with two attached hydrogens (primary N) is 1. The van der Waals surface area contributed by atoms with E-state index >= 15 is 0 Å². The SMILES string of the molecule is CSC(C)(C)[C@H](N)C(=O)N1C[C@H]2C[C@@H](C1)[C@H](Cc1ccccc1)n1c2cccc1=O. The number of carbonyl (C=O) groups is 1. The van der Waals surface area contributed by atoms with Crippen LogP contribution in [0.5, 0.6) is 0 Å². The Morgan fingerprint density at radius 3 is 2.60 bits per heavy atom. The van der Waals surface area contributed by atoms with Crippen molar-refractivity contribution in [3.63, 3.8) is 0 Å². The molecule has 1 aromatic carbocycles. The van der Waals surface area contributed by atoms with Crippen LogP contribution < -0.4 is 11.3 Å². The van der Waals surface area contributed by atoms with Crippen molar-refractivity contribution >= 4 is 17.7 Å². The molecule has 2 aliphatic rings. The topological polar surface area (TPSA) is 68.3 Å². The maximum atomic E-state index is 13.3. The molecule has 0 saturated carbocycles. The molecule has 0 unspecified atom stereocenters. The lowest BCUT2D eigenvalue weighted by molar-refractivity contribution is -0.136. The highest BCUT2D eigenvalue weighted by Crippen LogP contribution is 2.42. The molecule has 0 aliphatic carbocycles. The van der Waals surface area contributed by atoms with Crippen molar-refractivity contribution in [2.75, 3.05) is 19.3 Å². The molecule has 2 bridgehead atoms. The third-order valence-corrected chi connectivity index (χ3v) is 8.24. The first-order valence-electron chi connectivity index (χ1n) is 10.7. The third-order valence-electron chi connectivity index (χ3n) is 6.94. The van der Waals surface area contributed by atoms with Gasteiger partial charge < -0.3 is 15.2 Å². The second-order valence-corrected chi connectivity index (χ2v) is 10.6. The van der Waals surface area contributed by atoms with Gasteiger partial charge in [-0.1, -0.05) is 36.4 Å². The Morgan fingerprint density at radius 1 is 1.17 bits per heavy atom. The zero-order valence-electron chi connectivity index (χ0n) is 18.0. The van der Waals surface area contributed by atoms with E-state index in [1.165, 1.54) is 5.56 Å². The van der Waals surface area contributed by atoms with Gasteiger partial charge in [0.15, 0.2) is 0 Å². The molecule has 1 saturated heterocycles. The van der Waals surface area contributed by atoms with E-state index in [9.17, 15) is 9.59 Å². The fourth-order valence-electron chi connectivity index (χ4n) is 4.96. The number of rotatable bonds is 5. The number of benzene rings is 1. The van der Waals surface area contributed by atoms with E-state index in [0.29, 0.717) is 13.1 Å². The summed E-state index contributed by atoms with van der Waals surface area (Å²) >= 11 is 1.62. The van der Waals surface area contributed by atoms with E-state index in [-0.39, 0.29) is 34.1 Å². The van der Waals surface area contributed by atoms with Crippen LogP contribution in [0.4, 0.5) is 0 Å². The number of hydrogen-bond acceptors (Lipinski definition) is 4. The van der Waals surface area contributed by atoms with Gasteiger partial charge in [-0.25, -0.2) is 0 Å². The smallest absolute Gasteiger partial charge is 0.251 e. The minimum atomic E-state index is -0.545. The largest absolute Gasteiger partial charge is 0.340 e. The molecular weight excluding hydrogens is 394 g/mol. The number of aromatic nitrogens is 1. The van der Waals surface area contributed by atoms with Gasteiger partial charge in [0.2, 0.25) is 5.91 Å². The monoisotopic (exact) mass is 425 g/mol. The Kier molecular flexibility index (Phi) is 5.82. The molecule has 2 aromatic rings. The molecule has 30 heavy (non-hydrogen) atoms. The van der Waals surface area contributed by atoms with Crippen molar-refractivity contribution in [1.82, 2.24) is 9.47 Å². The zero-order valence-corrected chi connectivity index (χ0v) is 18.8. The summed E-state index contributed by atoms with van der Waals surface area (Å²) in [5.41, 5.74) is 8.72. The van der Waals surface area contributed by atoms with Crippen molar-refractivity contribution in [2.24, 2.45) is 11.7 Å². The number of hydrogen-bond donors (Lipinski definition) is 1. The highest BCUT2D eigenvalue weighted by molar-refractivity contribution is 8.00. The van der Waals surface area contributed by atoms with E-state index in [2.05, 4.69) is 18.2 Å². The molecule has 6 heteroatoms. The zero-order chi connectivity index (χ0) is 21.5. The first kappa shape index (κ1) is 21.2. The van der Waals surface area contributed by atoms with E-state index in [1.54, 1.807) is 17.8 Å². The number of fused-ring (bicyclic) bond motifs is 4. The van der Waals surface area contributed by atoms with Crippen molar-refractivity contribution in [2.45, 2.75) is 49.4 Å². The number of piperidine rings is 1. The number of thioether (sulfide) groups is 1. The van der Waals surface area contributed by atoms with E-state index in [1.807, 2.05) is 53.8 Å². The lowest BCUT2D eigenvalue weighted by Gasteiger charge is -2.48. The van der Waals surface area contributed by atoms with Crippen molar-refractivity contribution in [3.8, 4) is 0 Å². The Bertz CT molecular complexity index is 972. The molecule has 0 spiro atoms. The summed E-state index contributed by atoms with van der Waals surface area (Å²) in [6, 6.07) is 15.4. The van der Waals surface area contributed by atoms with Crippen LogP contribution in [0.25, 0.3) is 0 Å². The molecule has 2 N–H and O–H groups in total. The number of nitrogens with zero attached hydrogens (tertiary/aromatic N) is 2. The van der Waals surface area contributed by atoms with Gasteiger partial charge in [0.05, 0.1) is 6.04 Å². The maximum Gasteiger partial charge on any atom is 0.251 e. The van der Waals surface area contributed by atoms with E-state index in [0.717, 1.165) is 18.5 Å². The first-order chi connectivity index (χ1) is 14.3. The lowest BCUT2D eigenvalue weighted by Crippen LogP contribution is -2.58. The Labute approximate surface area is 182 Å². The lowest BCUT2D eigenvalue weighted by atomic mass is 9.76. The van der Waals surface area contributed by atoms with Gasteiger partial charge in [-0.05, 0) is 50.5 Å². The van der Waals surface area contributed by atoms with E-state index < -0.39 is 6.04 Å². The standard InChI is InChI=1S/C24H31N3O2S/c1-24(2,30-3)22(25)23(29)26-14-17-13-18(15-26)20(12-16-8-5-4-6-9-16)27-19(17)10-7-11-21(27)28/h4-11,17-18,20,22H,12-15,25H2,1-3H3/t17-,18+,20+,22-/m1/s1. The van der Waals surface area contributed by atoms with Crippen LogP contribution in [0, 0.1) is 5.92 Å². The molecule has 4 atom stereocenters. The van der Waals surface area contributed by atoms with Crippen molar-refractivity contribution in [1.29, 1.82) is 0 Å². The molecule has 4 rings (SSSR count). The molecule has 0 radical (unpaired) electrons. The van der Waals surface area contributed by atoms with Gasteiger partial charge in [-0.2, -0.15) is 11.8 Å². The molecule has 5 nitrogen and oxygen atoms in total.